The molecule has 4 saturated carbocycles. The molecule has 6 heteroatoms. The van der Waals surface area contributed by atoms with Gasteiger partial charge in [0.1, 0.15) is 11.4 Å². The number of nitrogens with zero attached hydrogens (tertiary/aromatic N) is 1. The van der Waals surface area contributed by atoms with Crippen LogP contribution in [0.4, 0.5) is 0 Å². The summed E-state index contributed by atoms with van der Waals surface area (Å²) in [4.78, 5) is 0. The number of hydrogen-bond acceptors (Lipinski definition) is 4. The molecule has 5 nitrogen and oxygen atoms in total. The largest absolute Gasteiger partial charge is 0.460 e. The summed E-state index contributed by atoms with van der Waals surface area (Å²) in [6.45, 7) is 0. The van der Waals surface area contributed by atoms with Crippen molar-refractivity contribution in [1.29, 1.82) is 0 Å². The Morgan fingerprint density at radius 3 is 2.43 bits per heavy atom. The van der Waals surface area contributed by atoms with Crippen LogP contribution in [0.2, 0.25) is 0 Å². The molecule has 2 atom stereocenters. The van der Waals surface area contributed by atoms with E-state index in [1.807, 2.05) is 0 Å². The molecule has 5 rings (SSSR count). The van der Waals surface area contributed by atoms with Gasteiger partial charge in [-0.3, -0.25) is 0 Å². The summed E-state index contributed by atoms with van der Waals surface area (Å²) in [5, 5.41) is 2.98. The fraction of sp³-hybridized carbons (Fsp3) is 0.933. The molecular formula is C15H24N2O3S. The first kappa shape index (κ1) is 13.9. The second-order valence-corrected chi connectivity index (χ2v) is 9.10. The Morgan fingerprint density at radius 1 is 1.05 bits per heavy atom. The van der Waals surface area contributed by atoms with E-state index >= 15 is 0 Å². The molecule has 1 aliphatic heterocycles. The Balaban J connectivity index is 1.56. The molecule has 4 fully saturated rings. The summed E-state index contributed by atoms with van der Waals surface area (Å²) in [5.74, 6) is 0.884. The van der Waals surface area contributed by atoms with Crippen molar-refractivity contribution in [2.24, 2.45) is 10.3 Å². The lowest BCUT2D eigenvalue weighted by Gasteiger charge is -2.48. The van der Waals surface area contributed by atoms with E-state index in [1.165, 1.54) is 19.3 Å². The first-order valence-corrected chi connectivity index (χ1v) is 9.85. The van der Waals surface area contributed by atoms with Crippen LogP contribution >= 0.6 is 0 Å². The lowest BCUT2D eigenvalue weighted by Crippen LogP contribution is -2.57. The first-order chi connectivity index (χ1) is 10.1. The summed E-state index contributed by atoms with van der Waals surface area (Å²) in [7, 11) is -3.41. The molecule has 2 unspecified atom stereocenters. The van der Waals surface area contributed by atoms with Crippen LogP contribution in [0.15, 0.2) is 4.40 Å². The predicted molar refractivity (Wildman–Crippen MR) is 80.5 cm³/mol. The summed E-state index contributed by atoms with van der Waals surface area (Å²) in [5.41, 5.74) is 0.0323. The lowest BCUT2D eigenvalue weighted by atomic mass is 9.66. The van der Waals surface area contributed by atoms with Gasteiger partial charge in [-0.25, -0.2) is 8.42 Å². The highest BCUT2D eigenvalue weighted by molar-refractivity contribution is 7.91. The molecule has 5 aliphatic rings. The van der Waals surface area contributed by atoms with Crippen LogP contribution in [0.1, 0.15) is 64.2 Å². The highest BCUT2D eigenvalue weighted by atomic mass is 32.2. The Hall–Kier alpha value is -0.780. The minimum Gasteiger partial charge on any atom is -0.460 e. The van der Waals surface area contributed by atoms with Crippen LogP contribution in [0.25, 0.3) is 0 Å². The average molecular weight is 312 g/mol. The standard InChI is InChI=1S/C15H24N2O3S/c18-21(19)13-4-2-1-3-12(13)20-14(17-21)16-15-8-5-11(6-9-15)7-10-15/h11-13H,1-10H2,(H,16,17). The monoisotopic (exact) mass is 312 g/mol. The second kappa shape index (κ2) is 4.86. The van der Waals surface area contributed by atoms with Gasteiger partial charge in [0.15, 0.2) is 0 Å². The molecule has 21 heavy (non-hydrogen) atoms. The minimum absolute atomic E-state index is 0.0323. The zero-order valence-electron chi connectivity index (χ0n) is 12.4. The number of amidine groups is 1. The van der Waals surface area contributed by atoms with E-state index in [0.717, 1.165) is 44.4 Å². The van der Waals surface area contributed by atoms with Crippen molar-refractivity contribution in [3.63, 3.8) is 0 Å². The van der Waals surface area contributed by atoms with E-state index in [2.05, 4.69) is 9.71 Å². The molecule has 0 aromatic rings. The van der Waals surface area contributed by atoms with E-state index < -0.39 is 15.3 Å². The van der Waals surface area contributed by atoms with Crippen LogP contribution in [0.5, 0.6) is 0 Å². The van der Waals surface area contributed by atoms with Crippen LogP contribution in [-0.4, -0.2) is 31.3 Å². The van der Waals surface area contributed by atoms with Crippen molar-refractivity contribution < 1.29 is 13.2 Å². The Bertz CT molecular complexity index is 535. The van der Waals surface area contributed by atoms with Crippen LogP contribution in [0, 0.1) is 5.92 Å². The zero-order valence-corrected chi connectivity index (χ0v) is 13.2. The number of fused-ring (bicyclic) bond motifs is 4. The Kier molecular flexibility index (Phi) is 3.21. The lowest BCUT2D eigenvalue weighted by molar-refractivity contribution is 0.0918. The molecule has 0 saturated heterocycles. The Labute approximate surface area is 126 Å². The van der Waals surface area contributed by atoms with Gasteiger partial charge < -0.3 is 10.1 Å². The van der Waals surface area contributed by atoms with Gasteiger partial charge in [0, 0.05) is 5.54 Å². The summed E-state index contributed by atoms with van der Waals surface area (Å²) in [6.07, 6.45) is 10.5. The normalized spacial score (nSPS) is 44.4. The third-order valence-electron chi connectivity index (χ3n) is 5.96. The van der Waals surface area contributed by atoms with E-state index in [4.69, 9.17) is 4.74 Å². The smallest absolute Gasteiger partial charge is 0.301 e. The average Bonchev–Trinajstić information content (AvgIpc) is 2.48. The molecule has 0 radical (unpaired) electrons. The van der Waals surface area contributed by atoms with E-state index in [9.17, 15) is 8.42 Å². The number of sulfonamides is 1. The summed E-state index contributed by atoms with van der Waals surface area (Å²) < 4.78 is 34.6. The van der Waals surface area contributed by atoms with Gasteiger partial charge in [0.05, 0.1) is 0 Å². The quantitative estimate of drug-likeness (QED) is 0.807. The van der Waals surface area contributed by atoms with Gasteiger partial charge in [-0.15, -0.1) is 4.40 Å². The number of nitrogens with one attached hydrogen (secondary N) is 1. The third kappa shape index (κ3) is 2.45. The van der Waals surface area contributed by atoms with Crippen molar-refractivity contribution in [1.82, 2.24) is 5.32 Å². The number of hydrogen-bond donors (Lipinski definition) is 1. The molecule has 0 amide bonds. The molecule has 1 N–H and O–H groups in total. The predicted octanol–water partition coefficient (Wildman–Crippen LogP) is 2.33. The topological polar surface area (TPSA) is 67.8 Å². The van der Waals surface area contributed by atoms with Crippen LogP contribution < -0.4 is 5.32 Å². The van der Waals surface area contributed by atoms with Crippen LogP contribution in [0.3, 0.4) is 0 Å². The molecule has 118 valence electrons. The summed E-state index contributed by atoms with van der Waals surface area (Å²) >= 11 is 0. The SMILES string of the molecule is O=S1(=O)N=C(NC23CCC(CC2)CC3)OC2CCCCC21. The van der Waals surface area contributed by atoms with Gasteiger partial charge in [0.2, 0.25) is 0 Å². The van der Waals surface area contributed by atoms with E-state index in [1.54, 1.807) is 0 Å². The fourth-order valence-corrected chi connectivity index (χ4v) is 6.10. The molecule has 0 spiro atoms. The molecule has 1 heterocycles. The van der Waals surface area contributed by atoms with Crippen molar-refractivity contribution in [2.75, 3.05) is 0 Å². The second-order valence-electron chi connectivity index (χ2n) is 7.28. The number of ether oxygens (including phenoxy) is 1. The van der Waals surface area contributed by atoms with Gasteiger partial charge in [0.25, 0.3) is 10.0 Å². The first-order valence-electron chi connectivity index (χ1n) is 8.35. The maximum Gasteiger partial charge on any atom is 0.301 e. The molecule has 2 bridgehead atoms. The third-order valence-corrected chi connectivity index (χ3v) is 7.69. The Morgan fingerprint density at radius 2 is 1.71 bits per heavy atom. The van der Waals surface area contributed by atoms with E-state index in [-0.39, 0.29) is 17.7 Å². The van der Waals surface area contributed by atoms with Gasteiger partial charge in [-0.2, -0.15) is 0 Å². The van der Waals surface area contributed by atoms with E-state index in [0.29, 0.717) is 6.42 Å². The maximum absolute atomic E-state index is 12.4. The molecule has 4 aliphatic carbocycles. The highest BCUT2D eigenvalue weighted by Crippen LogP contribution is 2.44. The van der Waals surface area contributed by atoms with Gasteiger partial charge >= 0.3 is 6.02 Å². The minimum atomic E-state index is -3.41. The molecular weight excluding hydrogens is 288 g/mol. The zero-order chi connectivity index (χ0) is 14.5. The summed E-state index contributed by atoms with van der Waals surface area (Å²) in [6, 6.07) is 0.276. The van der Waals surface area contributed by atoms with Crippen molar-refractivity contribution in [3.05, 3.63) is 0 Å². The van der Waals surface area contributed by atoms with Crippen molar-refractivity contribution in [3.8, 4) is 0 Å². The van der Waals surface area contributed by atoms with Crippen LogP contribution in [-0.2, 0) is 14.8 Å². The van der Waals surface area contributed by atoms with Crippen molar-refractivity contribution in [2.45, 2.75) is 81.1 Å². The molecule has 0 aromatic heterocycles. The van der Waals surface area contributed by atoms with Crippen molar-refractivity contribution >= 4 is 16.0 Å². The maximum atomic E-state index is 12.4. The van der Waals surface area contributed by atoms with Gasteiger partial charge in [-0.05, 0) is 63.7 Å². The number of rotatable bonds is 1. The fourth-order valence-electron chi connectivity index (χ4n) is 4.60. The molecule has 0 aromatic carbocycles. The van der Waals surface area contributed by atoms with Gasteiger partial charge in [-0.1, -0.05) is 6.42 Å². The highest BCUT2D eigenvalue weighted by Gasteiger charge is 2.45.